The van der Waals surface area contributed by atoms with Crippen LogP contribution in [0.4, 0.5) is 0 Å². The summed E-state index contributed by atoms with van der Waals surface area (Å²) in [5.74, 6) is 0.0157. The van der Waals surface area contributed by atoms with Crippen molar-refractivity contribution in [3.8, 4) is 0 Å². The van der Waals surface area contributed by atoms with Gasteiger partial charge in [0, 0.05) is 22.0 Å². The molecule has 3 aromatic carbocycles. The van der Waals surface area contributed by atoms with Crippen LogP contribution in [-0.2, 0) is 11.2 Å². The van der Waals surface area contributed by atoms with Gasteiger partial charge >= 0.3 is 0 Å². The largest absolute Gasteiger partial charge is 0.352 e. The average Bonchev–Trinajstić information content (AvgIpc) is 2.75. The molecule has 0 bridgehead atoms. The number of carbonyl (C=O) groups is 1. The van der Waals surface area contributed by atoms with Crippen molar-refractivity contribution in [2.24, 2.45) is 0 Å². The van der Waals surface area contributed by atoms with Gasteiger partial charge in [-0.05, 0) is 60.7 Å². The zero-order valence-electron chi connectivity index (χ0n) is 17.3. The SMILES string of the molecule is CCC(C(=O)NC(C)C(Cc1ccc(Cl)cc1)c1ccc(Cl)cc1)c1ccccc1. The van der Waals surface area contributed by atoms with Crippen LogP contribution in [0.5, 0.6) is 0 Å². The lowest BCUT2D eigenvalue weighted by molar-refractivity contribution is -0.123. The first-order valence-corrected chi connectivity index (χ1v) is 11.1. The third-order valence-electron chi connectivity index (χ3n) is 5.57. The number of halogens is 2. The molecule has 1 N–H and O–H groups in total. The first kappa shape index (κ1) is 22.4. The molecule has 2 nitrogen and oxygen atoms in total. The van der Waals surface area contributed by atoms with Crippen LogP contribution in [0.25, 0.3) is 0 Å². The minimum Gasteiger partial charge on any atom is -0.352 e. The molecule has 0 heterocycles. The van der Waals surface area contributed by atoms with E-state index >= 15 is 0 Å². The Morgan fingerprint density at radius 2 is 1.40 bits per heavy atom. The first-order chi connectivity index (χ1) is 14.5. The number of amides is 1. The maximum atomic E-state index is 13.1. The van der Waals surface area contributed by atoms with E-state index in [9.17, 15) is 4.79 Å². The highest BCUT2D eigenvalue weighted by Gasteiger charge is 2.25. The average molecular weight is 440 g/mol. The maximum Gasteiger partial charge on any atom is 0.227 e. The van der Waals surface area contributed by atoms with Gasteiger partial charge in [0.05, 0.1) is 5.92 Å². The molecule has 30 heavy (non-hydrogen) atoms. The summed E-state index contributed by atoms with van der Waals surface area (Å²) in [4.78, 5) is 13.1. The Morgan fingerprint density at radius 1 is 0.833 bits per heavy atom. The Morgan fingerprint density at radius 3 is 1.97 bits per heavy atom. The van der Waals surface area contributed by atoms with Gasteiger partial charge in [0.25, 0.3) is 0 Å². The van der Waals surface area contributed by atoms with Crippen molar-refractivity contribution in [1.29, 1.82) is 0 Å². The van der Waals surface area contributed by atoms with Crippen LogP contribution in [0, 0.1) is 0 Å². The van der Waals surface area contributed by atoms with Crippen molar-refractivity contribution in [2.45, 2.75) is 44.6 Å². The fourth-order valence-electron chi connectivity index (χ4n) is 3.85. The number of carbonyl (C=O) groups excluding carboxylic acids is 1. The van der Waals surface area contributed by atoms with Crippen molar-refractivity contribution in [2.75, 3.05) is 0 Å². The van der Waals surface area contributed by atoms with E-state index in [2.05, 4.69) is 12.2 Å². The van der Waals surface area contributed by atoms with Crippen LogP contribution in [0.15, 0.2) is 78.9 Å². The number of nitrogens with one attached hydrogen (secondary N) is 1. The maximum absolute atomic E-state index is 13.1. The lowest BCUT2D eigenvalue weighted by Gasteiger charge is -2.28. The molecule has 0 radical (unpaired) electrons. The van der Waals surface area contributed by atoms with E-state index in [4.69, 9.17) is 23.2 Å². The summed E-state index contributed by atoms with van der Waals surface area (Å²) in [6.07, 6.45) is 1.55. The molecule has 0 saturated carbocycles. The van der Waals surface area contributed by atoms with Gasteiger partial charge in [0.15, 0.2) is 0 Å². The second-order valence-corrected chi connectivity index (χ2v) is 8.53. The molecular formula is C26H27Cl2NO. The van der Waals surface area contributed by atoms with Crippen LogP contribution in [0.1, 0.15) is 48.8 Å². The predicted molar refractivity (Wildman–Crippen MR) is 126 cm³/mol. The molecule has 3 atom stereocenters. The predicted octanol–water partition coefficient (Wildman–Crippen LogP) is 7.02. The molecule has 3 rings (SSSR count). The van der Waals surface area contributed by atoms with E-state index < -0.39 is 0 Å². The molecule has 0 spiro atoms. The second-order valence-electron chi connectivity index (χ2n) is 7.66. The number of rotatable bonds is 8. The zero-order chi connectivity index (χ0) is 21.5. The topological polar surface area (TPSA) is 29.1 Å². The van der Waals surface area contributed by atoms with Gasteiger partial charge in [-0.1, -0.05) is 84.7 Å². The van der Waals surface area contributed by atoms with Crippen molar-refractivity contribution in [1.82, 2.24) is 5.32 Å². The summed E-state index contributed by atoms with van der Waals surface area (Å²) >= 11 is 12.2. The molecule has 3 aromatic rings. The summed E-state index contributed by atoms with van der Waals surface area (Å²) < 4.78 is 0. The molecule has 0 aliphatic heterocycles. The highest BCUT2D eigenvalue weighted by molar-refractivity contribution is 6.30. The summed E-state index contributed by atoms with van der Waals surface area (Å²) in [6.45, 7) is 4.12. The Kier molecular flexibility index (Phi) is 7.95. The van der Waals surface area contributed by atoms with Gasteiger partial charge in [0.1, 0.15) is 0 Å². The van der Waals surface area contributed by atoms with Crippen LogP contribution in [0.3, 0.4) is 0 Å². The van der Waals surface area contributed by atoms with Gasteiger partial charge in [-0.2, -0.15) is 0 Å². The normalized spacial score (nSPS) is 14.0. The zero-order valence-corrected chi connectivity index (χ0v) is 18.8. The standard InChI is InChI=1S/C26H27Cl2NO/c1-3-24(20-7-5-4-6-8-20)26(30)29-18(2)25(21-11-15-23(28)16-12-21)17-19-9-13-22(27)14-10-19/h4-16,18,24-25H,3,17H2,1-2H3,(H,29,30). The van der Waals surface area contributed by atoms with Crippen LogP contribution in [0.2, 0.25) is 10.0 Å². The summed E-state index contributed by atoms with van der Waals surface area (Å²) in [6, 6.07) is 25.7. The van der Waals surface area contributed by atoms with Crippen LogP contribution < -0.4 is 5.32 Å². The summed E-state index contributed by atoms with van der Waals surface area (Å²) in [7, 11) is 0. The molecule has 1 amide bonds. The minimum atomic E-state index is -0.157. The van der Waals surface area contributed by atoms with Crippen molar-refractivity contribution in [3.63, 3.8) is 0 Å². The third kappa shape index (κ3) is 5.87. The van der Waals surface area contributed by atoms with Gasteiger partial charge in [-0.3, -0.25) is 4.79 Å². The fraction of sp³-hybridized carbons (Fsp3) is 0.269. The van der Waals surface area contributed by atoms with Crippen LogP contribution in [-0.4, -0.2) is 11.9 Å². The monoisotopic (exact) mass is 439 g/mol. The number of hydrogen-bond acceptors (Lipinski definition) is 1. The highest BCUT2D eigenvalue weighted by Crippen LogP contribution is 2.28. The Balaban J connectivity index is 1.81. The lowest BCUT2D eigenvalue weighted by atomic mass is 9.86. The van der Waals surface area contributed by atoms with Gasteiger partial charge < -0.3 is 5.32 Å². The number of hydrogen-bond donors (Lipinski definition) is 1. The van der Waals surface area contributed by atoms with Crippen LogP contribution >= 0.6 is 23.2 Å². The van der Waals surface area contributed by atoms with Gasteiger partial charge in [-0.15, -0.1) is 0 Å². The molecule has 0 aliphatic rings. The van der Waals surface area contributed by atoms with E-state index in [-0.39, 0.29) is 23.8 Å². The van der Waals surface area contributed by atoms with Gasteiger partial charge in [-0.25, -0.2) is 0 Å². The van der Waals surface area contributed by atoms with Crippen molar-refractivity contribution < 1.29 is 4.79 Å². The molecule has 0 saturated heterocycles. The van der Waals surface area contributed by atoms with E-state index in [1.165, 1.54) is 5.56 Å². The second kappa shape index (κ2) is 10.7. The van der Waals surface area contributed by atoms with E-state index in [0.717, 1.165) is 29.0 Å². The molecule has 0 aliphatic carbocycles. The molecule has 4 heteroatoms. The molecule has 0 aromatic heterocycles. The quantitative estimate of drug-likeness (QED) is 0.401. The van der Waals surface area contributed by atoms with E-state index in [0.29, 0.717) is 5.02 Å². The fourth-order valence-corrected chi connectivity index (χ4v) is 4.10. The minimum absolute atomic E-state index is 0.0490. The van der Waals surface area contributed by atoms with Crippen molar-refractivity contribution >= 4 is 29.1 Å². The highest BCUT2D eigenvalue weighted by atomic mass is 35.5. The lowest BCUT2D eigenvalue weighted by Crippen LogP contribution is -2.40. The van der Waals surface area contributed by atoms with E-state index in [1.807, 2.05) is 85.8 Å². The van der Waals surface area contributed by atoms with E-state index in [1.54, 1.807) is 0 Å². The summed E-state index contributed by atoms with van der Waals surface area (Å²) in [5, 5.41) is 4.70. The Hall–Kier alpha value is -2.29. The van der Waals surface area contributed by atoms with Gasteiger partial charge in [0.2, 0.25) is 5.91 Å². The molecule has 0 fully saturated rings. The first-order valence-electron chi connectivity index (χ1n) is 10.3. The number of benzene rings is 3. The third-order valence-corrected chi connectivity index (χ3v) is 6.07. The Bertz CT molecular complexity index is 939. The van der Waals surface area contributed by atoms with Crippen molar-refractivity contribution in [3.05, 3.63) is 106 Å². The molecular weight excluding hydrogens is 413 g/mol. The Labute approximate surface area is 189 Å². The smallest absolute Gasteiger partial charge is 0.227 e. The summed E-state index contributed by atoms with van der Waals surface area (Å²) in [5.41, 5.74) is 3.37. The molecule has 156 valence electrons. The molecule has 3 unspecified atom stereocenters.